The van der Waals surface area contributed by atoms with Gasteiger partial charge in [0.1, 0.15) is 0 Å². The Labute approximate surface area is 125 Å². The SMILES string of the molecule is CC.CC.S=c1[nH]cc(Cn2ccc3ccccc32)[nH]1. The Kier molecular flexibility index (Phi) is 6.81. The van der Waals surface area contributed by atoms with E-state index in [4.69, 9.17) is 12.2 Å². The van der Waals surface area contributed by atoms with E-state index >= 15 is 0 Å². The number of imidazole rings is 1. The zero-order chi connectivity index (χ0) is 15.0. The van der Waals surface area contributed by atoms with Crippen molar-refractivity contribution in [2.45, 2.75) is 34.2 Å². The monoisotopic (exact) mass is 289 g/mol. The number of nitrogens with one attached hydrogen (secondary N) is 2. The molecule has 0 aliphatic heterocycles. The van der Waals surface area contributed by atoms with Crippen LogP contribution in [0.4, 0.5) is 0 Å². The summed E-state index contributed by atoms with van der Waals surface area (Å²) in [5.74, 6) is 0. The predicted octanol–water partition coefficient (Wildman–Crippen LogP) is 5.13. The predicted molar refractivity (Wildman–Crippen MR) is 89.7 cm³/mol. The summed E-state index contributed by atoms with van der Waals surface area (Å²) in [4.78, 5) is 6.09. The van der Waals surface area contributed by atoms with Gasteiger partial charge in [-0.25, -0.2) is 0 Å². The number of benzene rings is 1. The molecule has 3 rings (SSSR count). The lowest BCUT2D eigenvalue weighted by Crippen LogP contribution is -1.97. The van der Waals surface area contributed by atoms with Crippen molar-refractivity contribution in [3.05, 3.63) is 53.2 Å². The summed E-state index contributed by atoms with van der Waals surface area (Å²) in [5, 5.41) is 1.26. The van der Waals surface area contributed by atoms with Crippen LogP contribution in [0.15, 0.2) is 42.7 Å². The lowest BCUT2D eigenvalue weighted by Gasteiger charge is -2.02. The molecule has 0 radical (unpaired) electrons. The van der Waals surface area contributed by atoms with Crippen LogP contribution in [0.3, 0.4) is 0 Å². The van der Waals surface area contributed by atoms with Crippen LogP contribution < -0.4 is 0 Å². The Hall–Kier alpha value is -1.81. The van der Waals surface area contributed by atoms with E-state index in [1.807, 2.05) is 33.9 Å². The summed E-state index contributed by atoms with van der Waals surface area (Å²) < 4.78 is 2.87. The molecule has 0 bridgehead atoms. The first-order chi connectivity index (χ1) is 9.83. The molecule has 3 aromatic rings. The van der Waals surface area contributed by atoms with Crippen LogP contribution in [0.5, 0.6) is 0 Å². The van der Waals surface area contributed by atoms with E-state index < -0.39 is 0 Å². The van der Waals surface area contributed by atoms with Crippen molar-refractivity contribution in [3.8, 4) is 0 Å². The van der Waals surface area contributed by atoms with Crippen molar-refractivity contribution in [1.29, 1.82) is 0 Å². The van der Waals surface area contributed by atoms with Crippen LogP contribution in [-0.2, 0) is 6.54 Å². The van der Waals surface area contributed by atoms with E-state index in [9.17, 15) is 0 Å². The average Bonchev–Trinajstić information content (AvgIpc) is 3.11. The van der Waals surface area contributed by atoms with Gasteiger partial charge in [0.25, 0.3) is 0 Å². The van der Waals surface area contributed by atoms with Crippen molar-refractivity contribution in [2.24, 2.45) is 0 Å². The maximum absolute atomic E-state index is 5.00. The first-order valence-corrected chi connectivity index (χ1v) is 7.54. The van der Waals surface area contributed by atoms with E-state index in [1.54, 1.807) is 0 Å². The zero-order valence-electron chi connectivity index (χ0n) is 12.6. The fraction of sp³-hybridized carbons (Fsp3) is 0.312. The highest BCUT2D eigenvalue weighted by Gasteiger charge is 2.01. The Morgan fingerprint density at radius 2 is 1.75 bits per heavy atom. The van der Waals surface area contributed by atoms with Crippen molar-refractivity contribution in [1.82, 2.24) is 14.5 Å². The minimum absolute atomic E-state index is 0.673. The van der Waals surface area contributed by atoms with E-state index in [0.29, 0.717) is 4.77 Å². The van der Waals surface area contributed by atoms with Gasteiger partial charge in [-0.05, 0) is 29.7 Å². The lowest BCUT2D eigenvalue weighted by molar-refractivity contribution is 0.813. The first-order valence-electron chi connectivity index (χ1n) is 7.13. The van der Waals surface area contributed by atoms with Gasteiger partial charge in [-0.3, -0.25) is 0 Å². The third kappa shape index (κ3) is 3.84. The minimum Gasteiger partial charge on any atom is -0.341 e. The van der Waals surface area contributed by atoms with Gasteiger partial charge in [0, 0.05) is 17.9 Å². The van der Waals surface area contributed by atoms with Crippen LogP contribution in [0.25, 0.3) is 10.9 Å². The standard InChI is InChI=1S/C12H11N3S.2C2H6/c16-12-13-7-10(14-12)8-15-6-5-9-3-1-2-4-11(9)15;2*1-2/h1-7H,8H2,(H2,13,14,16);2*1-2H3. The van der Waals surface area contributed by atoms with Gasteiger partial charge in [-0.15, -0.1) is 0 Å². The van der Waals surface area contributed by atoms with Crippen molar-refractivity contribution in [3.63, 3.8) is 0 Å². The number of H-pyrrole nitrogens is 2. The Bertz CT molecular complexity index is 676. The van der Waals surface area contributed by atoms with Crippen LogP contribution >= 0.6 is 12.2 Å². The molecule has 0 aliphatic rings. The third-order valence-electron chi connectivity index (χ3n) is 2.67. The maximum Gasteiger partial charge on any atom is 0.174 e. The third-order valence-corrected chi connectivity index (χ3v) is 2.89. The number of fused-ring (bicyclic) bond motifs is 1. The fourth-order valence-electron chi connectivity index (χ4n) is 1.92. The number of para-hydroxylation sites is 1. The summed E-state index contributed by atoms with van der Waals surface area (Å²) in [7, 11) is 0. The van der Waals surface area contributed by atoms with Crippen molar-refractivity contribution >= 4 is 23.1 Å². The molecule has 2 heterocycles. The van der Waals surface area contributed by atoms with Crippen molar-refractivity contribution in [2.75, 3.05) is 0 Å². The van der Waals surface area contributed by atoms with Crippen molar-refractivity contribution < 1.29 is 0 Å². The smallest absolute Gasteiger partial charge is 0.174 e. The van der Waals surface area contributed by atoms with Gasteiger partial charge in [0.15, 0.2) is 4.77 Å². The van der Waals surface area contributed by atoms with Crippen LogP contribution in [-0.4, -0.2) is 14.5 Å². The molecule has 20 heavy (non-hydrogen) atoms. The maximum atomic E-state index is 5.00. The quantitative estimate of drug-likeness (QED) is 0.631. The number of aromatic nitrogens is 3. The molecule has 108 valence electrons. The Morgan fingerprint density at radius 3 is 2.40 bits per heavy atom. The summed E-state index contributed by atoms with van der Waals surface area (Å²) in [5.41, 5.74) is 2.33. The topological polar surface area (TPSA) is 36.5 Å². The fourth-order valence-corrected chi connectivity index (χ4v) is 2.11. The van der Waals surface area contributed by atoms with E-state index in [0.717, 1.165) is 12.2 Å². The summed E-state index contributed by atoms with van der Waals surface area (Å²) >= 11 is 5.00. The normalized spacial score (nSPS) is 9.40. The van der Waals surface area contributed by atoms with Gasteiger partial charge >= 0.3 is 0 Å². The van der Waals surface area contributed by atoms with Crippen LogP contribution in [0, 0.1) is 4.77 Å². The molecular weight excluding hydrogens is 266 g/mol. The molecule has 0 aliphatic carbocycles. The summed E-state index contributed by atoms with van der Waals surface area (Å²) in [6, 6.07) is 10.5. The molecule has 0 amide bonds. The van der Waals surface area contributed by atoms with Crippen LogP contribution in [0.2, 0.25) is 0 Å². The second kappa shape index (κ2) is 8.38. The number of rotatable bonds is 2. The largest absolute Gasteiger partial charge is 0.341 e. The molecule has 3 nitrogen and oxygen atoms in total. The highest BCUT2D eigenvalue weighted by molar-refractivity contribution is 7.71. The molecule has 0 fully saturated rings. The highest BCUT2D eigenvalue weighted by atomic mass is 32.1. The van der Waals surface area contributed by atoms with Gasteiger partial charge in [-0.2, -0.15) is 0 Å². The van der Waals surface area contributed by atoms with E-state index in [2.05, 4.69) is 51.1 Å². The van der Waals surface area contributed by atoms with Gasteiger partial charge in [0.2, 0.25) is 0 Å². The summed E-state index contributed by atoms with van der Waals surface area (Å²) in [6.07, 6.45) is 4.01. The number of hydrogen-bond donors (Lipinski definition) is 2. The molecule has 4 heteroatoms. The molecule has 0 spiro atoms. The van der Waals surface area contributed by atoms with Crippen LogP contribution in [0.1, 0.15) is 33.4 Å². The first kappa shape index (κ1) is 16.2. The molecule has 2 N–H and O–H groups in total. The number of aromatic amines is 2. The highest BCUT2D eigenvalue weighted by Crippen LogP contribution is 2.15. The van der Waals surface area contributed by atoms with E-state index in [1.165, 1.54) is 10.9 Å². The zero-order valence-corrected chi connectivity index (χ0v) is 13.4. The number of hydrogen-bond acceptors (Lipinski definition) is 1. The van der Waals surface area contributed by atoms with Gasteiger partial charge < -0.3 is 14.5 Å². The Balaban J connectivity index is 0.000000461. The Morgan fingerprint density at radius 1 is 1.05 bits per heavy atom. The molecule has 0 unspecified atom stereocenters. The minimum atomic E-state index is 0.673. The van der Waals surface area contributed by atoms with Gasteiger partial charge in [-0.1, -0.05) is 45.9 Å². The van der Waals surface area contributed by atoms with Gasteiger partial charge in [0.05, 0.1) is 12.2 Å². The number of nitrogens with zero attached hydrogens (tertiary/aromatic N) is 1. The molecular formula is C16H23N3S. The summed E-state index contributed by atoms with van der Waals surface area (Å²) in [6.45, 7) is 8.81. The average molecular weight is 289 g/mol. The second-order valence-corrected chi connectivity index (χ2v) is 4.18. The molecule has 0 saturated heterocycles. The molecule has 0 saturated carbocycles. The second-order valence-electron chi connectivity index (χ2n) is 3.77. The lowest BCUT2D eigenvalue weighted by atomic mass is 10.2. The molecule has 2 aromatic heterocycles. The van der Waals surface area contributed by atoms with E-state index in [-0.39, 0.29) is 0 Å². The molecule has 1 aromatic carbocycles. The molecule has 0 atom stereocenters.